The van der Waals surface area contributed by atoms with Gasteiger partial charge in [0.1, 0.15) is 0 Å². The van der Waals surface area contributed by atoms with Crippen molar-refractivity contribution in [2.24, 2.45) is 5.10 Å². The molecule has 1 aromatic carbocycles. The highest BCUT2D eigenvalue weighted by molar-refractivity contribution is 7.80. The van der Waals surface area contributed by atoms with Crippen LogP contribution < -0.4 is 10.7 Å². The first-order chi connectivity index (χ1) is 9.83. The van der Waals surface area contributed by atoms with Crippen LogP contribution in [0.5, 0.6) is 0 Å². The van der Waals surface area contributed by atoms with Gasteiger partial charge in [-0.05, 0) is 43.5 Å². The summed E-state index contributed by atoms with van der Waals surface area (Å²) < 4.78 is 0. The number of benzene rings is 1. The van der Waals surface area contributed by atoms with Crippen molar-refractivity contribution in [2.45, 2.75) is 51.0 Å². The summed E-state index contributed by atoms with van der Waals surface area (Å²) in [6.45, 7) is 0. The van der Waals surface area contributed by atoms with E-state index in [0.717, 1.165) is 18.6 Å². The molecule has 1 fully saturated rings. The Labute approximate surface area is 125 Å². The second-order valence-electron chi connectivity index (χ2n) is 5.64. The highest BCUT2D eigenvalue weighted by Crippen LogP contribution is 2.21. The Bertz CT molecular complexity index is 518. The summed E-state index contributed by atoms with van der Waals surface area (Å²) in [6.07, 6.45) is 8.50. The normalized spacial score (nSPS) is 20.7. The van der Waals surface area contributed by atoms with Gasteiger partial charge in [0.2, 0.25) is 0 Å². The van der Waals surface area contributed by atoms with Crippen molar-refractivity contribution in [3.8, 4) is 0 Å². The highest BCUT2D eigenvalue weighted by Gasteiger charge is 2.17. The van der Waals surface area contributed by atoms with Crippen LogP contribution in [-0.4, -0.2) is 16.9 Å². The second-order valence-corrected chi connectivity index (χ2v) is 6.04. The third-order valence-electron chi connectivity index (χ3n) is 4.19. The third kappa shape index (κ3) is 3.18. The summed E-state index contributed by atoms with van der Waals surface area (Å²) >= 11 is 5.34. The molecule has 0 bridgehead atoms. The van der Waals surface area contributed by atoms with E-state index in [9.17, 15) is 0 Å². The summed E-state index contributed by atoms with van der Waals surface area (Å²) in [7, 11) is 0. The van der Waals surface area contributed by atoms with Crippen LogP contribution in [0.1, 0.15) is 49.7 Å². The van der Waals surface area contributed by atoms with Gasteiger partial charge >= 0.3 is 0 Å². The molecule has 0 aliphatic heterocycles. The van der Waals surface area contributed by atoms with Gasteiger partial charge in [-0.25, -0.2) is 0 Å². The molecule has 0 radical (unpaired) electrons. The summed E-state index contributed by atoms with van der Waals surface area (Å²) in [5.74, 6) is 0. The Morgan fingerprint density at radius 1 is 1.10 bits per heavy atom. The number of fused-ring (bicyclic) bond motifs is 1. The Morgan fingerprint density at radius 3 is 2.75 bits per heavy atom. The predicted molar refractivity (Wildman–Crippen MR) is 87.0 cm³/mol. The largest absolute Gasteiger partial charge is 0.359 e. The Morgan fingerprint density at radius 2 is 1.90 bits per heavy atom. The minimum Gasteiger partial charge on any atom is -0.359 e. The molecule has 2 N–H and O–H groups in total. The van der Waals surface area contributed by atoms with Crippen LogP contribution in [0, 0.1) is 0 Å². The number of hydrogen-bond donors (Lipinski definition) is 2. The van der Waals surface area contributed by atoms with E-state index in [4.69, 9.17) is 12.2 Å². The molecule has 3 nitrogen and oxygen atoms in total. The molecule has 0 amide bonds. The van der Waals surface area contributed by atoms with Crippen molar-refractivity contribution < 1.29 is 0 Å². The number of thiocarbonyl (C=S) groups is 1. The molecule has 4 heteroatoms. The van der Waals surface area contributed by atoms with Crippen molar-refractivity contribution in [1.82, 2.24) is 10.7 Å². The number of nitrogens with zero attached hydrogens (tertiary/aromatic N) is 1. The van der Waals surface area contributed by atoms with E-state index < -0.39 is 0 Å². The Hall–Kier alpha value is -1.42. The minimum absolute atomic E-state index is 0.528. The maximum atomic E-state index is 5.34. The second kappa shape index (κ2) is 6.35. The van der Waals surface area contributed by atoms with Gasteiger partial charge < -0.3 is 5.32 Å². The van der Waals surface area contributed by atoms with E-state index in [1.165, 1.54) is 43.2 Å². The zero-order valence-corrected chi connectivity index (χ0v) is 12.5. The Balaban J connectivity index is 1.56. The minimum atomic E-state index is 0.528. The lowest BCUT2D eigenvalue weighted by Crippen LogP contribution is -2.41. The van der Waals surface area contributed by atoms with Crippen LogP contribution in [-0.2, 0) is 6.42 Å². The molecule has 0 heterocycles. The summed E-state index contributed by atoms with van der Waals surface area (Å²) in [6, 6.07) is 9.00. The maximum absolute atomic E-state index is 5.34. The van der Waals surface area contributed by atoms with Gasteiger partial charge in [-0.3, -0.25) is 5.43 Å². The number of nitrogens with one attached hydrogen (secondary N) is 2. The zero-order valence-electron chi connectivity index (χ0n) is 11.7. The van der Waals surface area contributed by atoms with Crippen LogP contribution in [0.4, 0.5) is 0 Å². The van der Waals surface area contributed by atoms with E-state index in [1.54, 1.807) is 0 Å². The predicted octanol–water partition coefficient (Wildman–Crippen LogP) is 3.13. The monoisotopic (exact) mass is 287 g/mol. The van der Waals surface area contributed by atoms with Crippen LogP contribution in [0.3, 0.4) is 0 Å². The maximum Gasteiger partial charge on any atom is 0.187 e. The smallest absolute Gasteiger partial charge is 0.187 e. The first-order valence-electron chi connectivity index (χ1n) is 7.54. The number of rotatable bonds is 2. The molecule has 2 aliphatic carbocycles. The highest BCUT2D eigenvalue weighted by atomic mass is 32.1. The van der Waals surface area contributed by atoms with Gasteiger partial charge in [0.25, 0.3) is 0 Å². The third-order valence-corrected chi connectivity index (χ3v) is 4.40. The van der Waals surface area contributed by atoms with Gasteiger partial charge in [-0.2, -0.15) is 5.10 Å². The number of hydrogen-bond acceptors (Lipinski definition) is 2. The molecule has 2 aliphatic rings. The van der Waals surface area contributed by atoms with Crippen LogP contribution in [0.25, 0.3) is 0 Å². The molecule has 106 valence electrons. The summed E-state index contributed by atoms with van der Waals surface area (Å²) in [5.41, 5.74) is 6.79. The topological polar surface area (TPSA) is 36.4 Å². The van der Waals surface area contributed by atoms with Gasteiger partial charge in [-0.1, -0.05) is 43.5 Å². The van der Waals surface area contributed by atoms with E-state index in [2.05, 4.69) is 40.1 Å². The molecular formula is C16H21N3S. The lowest BCUT2D eigenvalue weighted by atomic mass is 9.96. The zero-order chi connectivity index (χ0) is 13.8. The molecule has 0 aromatic heterocycles. The number of hydrazone groups is 1. The van der Waals surface area contributed by atoms with Crippen LogP contribution in [0.15, 0.2) is 29.4 Å². The van der Waals surface area contributed by atoms with Crippen molar-refractivity contribution in [3.05, 3.63) is 35.4 Å². The standard InChI is InChI=1S/C16H21N3S/c20-16(17-13-7-2-1-3-8-13)19-18-15-11-10-12-6-4-5-9-14(12)15/h4-6,9,13H,1-3,7-8,10-11H2,(H2,17,19,20). The fraction of sp³-hybridized carbons (Fsp3) is 0.500. The van der Waals surface area contributed by atoms with E-state index in [0.29, 0.717) is 11.2 Å². The van der Waals surface area contributed by atoms with Crippen molar-refractivity contribution in [1.29, 1.82) is 0 Å². The molecular weight excluding hydrogens is 266 g/mol. The van der Waals surface area contributed by atoms with Crippen molar-refractivity contribution in [2.75, 3.05) is 0 Å². The molecule has 0 unspecified atom stereocenters. The summed E-state index contributed by atoms with van der Waals surface area (Å²) in [4.78, 5) is 0. The number of aryl methyl sites for hydroxylation is 1. The van der Waals surface area contributed by atoms with Gasteiger partial charge in [0.05, 0.1) is 5.71 Å². The van der Waals surface area contributed by atoms with E-state index >= 15 is 0 Å². The molecule has 0 saturated heterocycles. The molecule has 20 heavy (non-hydrogen) atoms. The van der Waals surface area contributed by atoms with Crippen molar-refractivity contribution in [3.63, 3.8) is 0 Å². The van der Waals surface area contributed by atoms with E-state index in [1.807, 2.05) is 0 Å². The van der Waals surface area contributed by atoms with Gasteiger partial charge in [0, 0.05) is 11.6 Å². The average molecular weight is 287 g/mol. The Kier molecular flexibility index (Phi) is 4.31. The van der Waals surface area contributed by atoms with Crippen LogP contribution >= 0.6 is 12.2 Å². The van der Waals surface area contributed by atoms with Crippen molar-refractivity contribution >= 4 is 23.0 Å². The lowest BCUT2D eigenvalue weighted by Gasteiger charge is -2.23. The average Bonchev–Trinajstić information content (AvgIpc) is 2.89. The SMILES string of the molecule is S=C(NN=C1CCc2ccccc21)NC1CCCCC1. The molecule has 1 aromatic rings. The molecule has 0 atom stereocenters. The first-order valence-corrected chi connectivity index (χ1v) is 7.95. The fourth-order valence-corrected chi connectivity index (χ4v) is 3.32. The van der Waals surface area contributed by atoms with Crippen LogP contribution in [0.2, 0.25) is 0 Å². The molecule has 1 saturated carbocycles. The van der Waals surface area contributed by atoms with Gasteiger partial charge in [-0.15, -0.1) is 0 Å². The fourth-order valence-electron chi connectivity index (χ4n) is 3.11. The quantitative estimate of drug-likeness (QED) is 0.648. The lowest BCUT2D eigenvalue weighted by molar-refractivity contribution is 0.412. The van der Waals surface area contributed by atoms with Gasteiger partial charge in [0.15, 0.2) is 5.11 Å². The molecule has 0 spiro atoms. The van der Waals surface area contributed by atoms with E-state index in [-0.39, 0.29) is 0 Å². The molecule has 3 rings (SSSR count). The summed E-state index contributed by atoms with van der Waals surface area (Å²) in [5, 5.41) is 8.53. The first kappa shape index (κ1) is 13.6.